The van der Waals surface area contributed by atoms with Gasteiger partial charge in [-0.05, 0) is 30.7 Å². The Labute approximate surface area is 126 Å². The second-order valence-corrected chi connectivity index (χ2v) is 6.13. The van der Waals surface area contributed by atoms with Crippen molar-refractivity contribution in [3.63, 3.8) is 0 Å². The van der Waals surface area contributed by atoms with E-state index in [2.05, 4.69) is 12.2 Å². The van der Waals surface area contributed by atoms with Crippen LogP contribution in [0, 0.1) is 33.8 Å². The second-order valence-electron chi connectivity index (χ2n) is 6.13. The highest BCUT2D eigenvalue weighted by atomic mass is 16.6. The minimum Gasteiger partial charge on any atom is -0.274 e. The third-order valence-corrected chi connectivity index (χ3v) is 5.06. The van der Waals surface area contributed by atoms with Gasteiger partial charge in [0.2, 0.25) is 11.8 Å². The Morgan fingerprint density at radius 3 is 2.14 bits per heavy atom. The molecule has 6 heteroatoms. The number of carbonyl (C=O) groups is 2. The SMILES string of the molecule is O=C1[C@@H]2[C@@H](C(=O)N1c1cccc([N+](=O)[O-])c1)[C@H]1C=C[C@H]2CC1. The van der Waals surface area contributed by atoms with Gasteiger partial charge in [-0.3, -0.25) is 19.7 Å². The van der Waals surface area contributed by atoms with Crippen LogP contribution in [0.15, 0.2) is 36.4 Å². The summed E-state index contributed by atoms with van der Waals surface area (Å²) in [5, 5.41) is 10.9. The van der Waals surface area contributed by atoms with Gasteiger partial charge in [0.1, 0.15) is 0 Å². The lowest BCUT2D eigenvalue weighted by atomic mass is 9.63. The number of carbonyl (C=O) groups excluding carboxylic acids is 2. The van der Waals surface area contributed by atoms with Crippen LogP contribution in [0.1, 0.15) is 12.8 Å². The first-order chi connectivity index (χ1) is 10.6. The Balaban J connectivity index is 1.75. The topological polar surface area (TPSA) is 80.5 Å². The Morgan fingerprint density at radius 2 is 1.64 bits per heavy atom. The maximum absolute atomic E-state index is 12.7. The lowest BCUT2D eigenvalue weighted by molar-refractivity contribution is -0.384. The molecule has 5 rings (SSSR count). The molecule has 1 saturated carbocycles. The van der Waals surface area contributed by atoms with Crippen molar-refractivity contribution in [2.24, 2.45) is 23.7 Å². The van der Waals surface area contributed by atoms with Gasteiger partial charge in [0.25, 0.3) is 5.69 Å². The van der Waals surface area contributed by atoms with Gasteiger partial charge < -0.3 is 0 Å². The molecule has 2 amide bonds. The molecule has 1 aromatic rings. The molecule has 4 atom stereocenters. The van der Waals surface area contributed by atoms with Gasteiger partial charge >= 0.3 is 0 Å². The van der Waals surface area contributed by atoms with Gasteiger partial charge in [-0.15, -0.1) is 0 Å². The Kier molecular flexibility index (Phi) is 2.69. The van der Waals surface area contributed by atoms with E-state index in [4.69, 9.17) is 0 Å². The van der Waals surface area contributed by atoms with Gasteiger partial charge in [-0.25, -0.2) is 4.90 Å². The zero-order valence-corrected chi connectivity index (χ0v) is 11.7. The fourth-order valence-electron chi connectivity index (χ4n) is 4.07. The van der Waals surface area contributed by atoms with Crippen LogP contribution >= 0.6 is 0 Å². The third-order valence-electron chi connectivity index (χ3n) is 5.06. The van der Waals surface area contributed by atoms with Gasteiger partial charge in [0.05, 0.1) is 22.4 Å². The number of imide groups is 1. The lowest BCUT2D eigenvalue weighted by Crippen LogP contribution is -2.38. The fraction of sp³-hybridized carbons (Fsp3) is 0.375. The van der Waals surface area contributed by atoms with Crippen molar-refractivity contribution in [1.29, 1.82) is 0 Å². The van der Waals surface area contributed by atoms with E-state index in [1.807, 2.05) is 0 Å². The van der Waals surface area contributed by atoms with E-state index in [0.29, 0.717) is 5.69 Å². The average molecular weight is 298 g/mol. The minimum atomic E-state index is -0.521. The van der Waals surface area contributed by atoms with Crippen LogP contribution in [0.5, 0.6) is 0 Å². The summed E-state index contributed by atoms with van der Waals surface area (Å²) in [7, 11) is 0. The van der Waals surface area contributed by atoms with E-state index >= 15 is 0 Å². The highest BCUT2D eigenvalue weighted by Crippen LogP contribution is 2.50. The van der Waals surface area contributed by atoms with Crippen molar-refractivity contribution >= 4 is 23.2 Å². The highest BCUT2D eigenvalue weighted by Gasteiger charge is 2.56. The molecule has 0 radical (unpaired) electrons. The predicted molar refractivity (Wildman–Crippen MR) is 77.9 cm³/mol. The van der Waals surface area contributed by atoms with Gasteiger partial charge in [-0.1, -0.05) is 18.2 Å². The van der Waals surface area contributed by atoms with E-state index in [1.165, 1.54) is 18.2 Å². The molecule has 0 aromatic heterocycles. The molecule has 1 aromatic carbocycles. The zero-order chi connectivity index (χ0) is 15.4. The molecule has 3 aliphatic carbocycles. The number of nitro benzene ring substituents is 1. The Hall–Kier alpha value is -2.50. The molecule has 1 heterocycles. The molecule has 4 aliphatic rings. The molecule has 0 unspecified atom stereocenters. The van der Waals surface area contributed by atoms with Crippen LogP contribution in [-0.2, 0) is 9.59 Å². The predicted octanol–water partition coefficient (Wildman–Crippen LogP) is 2.30. The molecular weight excluding hydrogens is 284 g/mol. The maximum Gasteiger partial charge on any atom is 0.271 e. The normalized spacial score (nSPS) is 32.5. The average Bonchev–Trinajstić information content (AvgIpc) is 2.82. The molecule has 0 spiro atoms. The monoisotopic (exact) mass is 298 g/mol. The Morgan fingerprint density at radius 1 is 1.05 bits per heavy atom. The third kappa shape index (κ3) is 1.66. The van der Waals surface area contributed by atoms with Crippen LogP contribution in [-0.4, -0.2) is 16.7 Å². The van der Waals surface area contributed by atoms with Gasteiger partial charge in [-0.2, -0.15) is 0 Å². The van der Waals surface area contributed by atoms with Crippen LogP contribution in [0.2, 0.25) is 0 Å². The van der Waals surface area contributed by atoms with Crippen LogP contribution in [0.4, 0.5) is 11.4 Å². The van der Waals surface area contributed by atoms with Crippen LogP contribution in [0.3, 0.4) is 0 Å². The van der Waals surface area contributed by atoms with E-state index in [1.54, 1.807) is 6.07 Å². The molecule has 22 heavy (non-hydrogen) atoms. The number of nitrogens with zero attached hydrogens (tertiary/aromatic N) is 2. The summed E-state index contributed by atoms with van der Waals surface area (Å²) in [6, 6.07) is 5.73. The summed E-state index contributed by atoms with van der Waals surface area (Å²) >= 11 is 0. The summed E-state index contributed by atoms with van der Waals surface area (Å²) in [5.41, 5.74) is 0.187. The zero-order valence-electron chi connectivity index (χ0n) is 11.7. The molecule has 112 valence electrons. The second kappa shape index (κ2) is 4.50. The maximum atomic E-state index is 12.7. The first-order valence-corrected chi connectivity index (χ1v) is 7.38. The quantitative estimate of drug-likeness (QED) is 0.363. The smallest absolute Gasteiger partial charge is 0.271 e. The van der Waals surface area contributed by atoms with E-state index in [9.17, 15) is 19.7 Å². The number of hydrogen-bond donors (Lipinski definition) is 0. The standard InChI is InChI=1S/C16H14N2O4/c19-15-13-9-4-5-10(7-6-9)14(13)16(20)17(15)11-2-1-3-12(8-11)18(21)22/h1-5,8-10,13-14H,6-7H2/t9-,10-,13-,14-/m0/s1. The summed E-state index contributed by atoms with van der Waals surface area (Å²) in [4.78, 5) is 37.0. The van der Waals surface area contributed by atoms with Gasteiger partial charge in [0.15, 0.2) is 0 Å². The minimum absolute atomic E-state index is 0.117. The van der Waals surface area contributed by atoms with Crippen molar-refractivity contribution in [1.82, 2.24) is 0 Å². The summed E-state index contributed by atoms with van der Waals surface area (Å²) < 4.78 is 0. The van der Waals surface area contributed by atoms with E-state index in [-0.39, 0.29) is 41.2 Å². The van der Waals surface area contributed by atoms with E-state index < -0.39 is 4.92 Å². The van der Waals surface area contributed by atoms with Crippen LogP contribution < -0.4 is 4.90 Å². The number of hydrogen-bond acceptors (Lipinski definition) is 4. The Bertz CT molecular complexity index is 695. The molecule has 6 nitrogen and oxygen atoms in total. The van der Waals surface area contributed by atoms with E-state index in [0.717, 1.165) is 17.7 Å². The summed E-state index contributed by atoms with van der Waals surface area (Å²) in [6.07, 6.45) is 5.98. The molecule has 0 N–H and O–H groups in total. The van der Waals surface area contributed by atoms with Gasteiger partial charge in [0, 0.05) is 12.1 Å². The first kappa shape index (κ1) is 13.2. The van der Waals surface area contributed by atoms with Crippen molar-refractivity contribution in [2.75, 3.05) is 4.90 Å². The first-order valence-electron chi connectivity index (χ1n) is 7.38. The number of nitro groups is 1. The number of non-ortho nitro benzene ring substituents is 1. The summed E-state index contributed by atoms with van der Waals surface area (Å²) in [5.74, 6) is -0.777. The van der Waals surface area contributed by atoms with Crippen molar-refractivity contribution in [2.45, 2.75) is 12.8 Å². The number of allylic oxidation sites excluding steroid dienone is 2. The number of benzene rings is 1. The molecule has 2 fully saturated rings. The van der Waals surface area contributed by atoms with Crippen molar-refractivity contribution in [3.05, 3.63) is 46.5 Å². The molecule has 1 aliphatic heterocycles. The van der Waals surface area contributed by atoms with Crippen molar-refractivity contribution in [3.8, 4) is 0 Å². The number of amides is 2. The van der Waals surface area contributed by atoms with Crippen LogP contribution in [0.25, 0.3) is 0 Å². The van der Waals surface area contributed by atoms with Crippen molar-refractivity contribution < 1.29 is 14.5 Å². The fourth-order valence-corrected chi connectivity index (χ4v) is 4.07. The number of rotatable bonds is 2. The highest BCUT2D eigenvalue weighted by molar-refractivity contribution is 6.22. The lowest BCUT2D eigenvalue weighted by Gasteiger charge is -2.38. The molecule has 1 saturated heterocycles. The number of fused-ring (bicyclic) bond motifs is 1. The molecular formula is C16H14N2O4. The number of anilines is 1. The summed E-state index contributed by atoms with van der Waals surface area (Å²) in [6.45, 7) is 0. The largest absolute Gasteiger partial charge is 0.274 e. The molecule has 2 bridgehead atoms.